The average Bonchev–Trinajstić information content (AvgIpc) is 2.18. The van der Waals surface area contributed by atoms with Gasteiger partial charge in [-0.15, -0.1) is 0 Å². The van der Waals surface area contributed by atoms with Crippen molar-refractivity contribution in [2.75, 3.05) is 27.7 Å². The molecule has 0 saturated heterocycles. The van der Waals surface area contributed by atoms with Crippen molar-refractivity contribution < 1.29 is 4.74 Å². The maximum Gasteiger partial charge on any atom is 0.179 e. The van der Waals surface area contributed by atoms with E-state index in [4.69, 9.17) is 4.74 Å². The van der Waals surface area contributed by atoms with E-state index in [1.165, 1.54) is 5.69 Å². The molecule has 72 valence electrons. The van der Waals surface area contributed by atoms with Crippen LogP contribution in [0.15, 0.2) is 24.3 Å². The van der Waals surface area contributed by atoms with Crippen LogP contribution in [0, 0.1) is 0 Å². The van der Waals surface area contributed by atoms with Crippen LogP contribution in [0.4, 0.5) is 5.69 Å². The molecular formula is C11H18NO+. The van der Waals surface area contributed by atoms with E-state index in [9.17, 15) is 0 Å². The van der Waals surface area contributed by atoms with Gasteiger partial charge in [0.05, 0.1) is 27.7 Å². The van der Waals surface area contributed by atoms with Crippen LogP contribution in [-0.2, 0) is 0 Å². The summed E-state index contributed by atoms with van der Waals surface area (Å²) in [6.07, 6.45) is 0. The first kappa shape index (κ1) is 10.1. The molecule has 1 rings (SSSR count). The standard InChI is InChI=1S/C11H18NO/c1-5-12(2,3)10-8-6-7-9-11(10)13-4/h6-9H,5H2,1-4H3/q+1. The molecule has 13 heavy (non-hydrogen) atoms. The fraction of sp³-hybridized carbons (Fsp3) is 0.455. The minimum Gasteiger partial charge on any atom is -0.491 e. The minimum absolute atomic E-state index is 0.851. The Morgan fingerprint density at radius 2 is 1.85 bits per heavy atom. The summed E-state index contributed by atoms with van der Waals surface area (Å²) in [5.74, 6) is 0.967. The highest BCUT2D eigenvalue weighted by Gasteiger charge is 2.20. The molecular weight excluding hydrogens is 162 g/mol. The van der Waals surface area contributed by atoms with E-state index in [1.807, 2.05) is 18.2 Å². The first-order valence-corrected chi connectivity index (χ1v) is 4.58. The van der Waals surface area contributed by atoms with Gasteiger partial charge in [0.1, 0.15) is 0 Å². The third-order valence-corrected chi connectivity index (χ3v) is 2.53. The molecule has 0 unspecified atom stereocenters. The minimum atomic E-state index is 0.851. The van der Waals surface area contributed by atoms with Crippen molar-refractivity contribution in [3.63, 3.8) is 0 Å². The second-order valence-electron chi connectivity index (χ2n) is 3.67. The summed E-state index contributed by atoms with van der Waals surface area (Å²) >= 11 is 0. The van der Waals surface area contributed by atoms with Gasteiger partial charge in [-0.3, -0.25) is 4.48 Å². The second kappa shape index (κ2) is 3.79. The molecule has 2 nitrogen and oxygen atoms in total. The van der Waals surface area contributed by atoms with E-state index in [-0.39, 0.29) is 0 Å². The monoisotopic (exact) mass is 180 g/mol. The molecule has 0 aliphatic rings. The number of quaternary nitrogens is 1. The third-order valence-electron chi connectivity index (χ3n) is 2.53. The molecule has 0 N–H and O–H groups in total. The predicted octanol–water partition coefficient (Wildman–Crippen LogP) is 2.28. The van der Waals surface area contributed by atoms with Crippen LogP contribution in [0.5, 0.6) is 5.75 Å². The highest BCUT2D eigenvalue weighted by Crippen LogP contribution is 2.30. The van der Waals surface area contributed by atoms with E-state index in [0.29, 0.717) is 0 Å². The lowest BCUT2D eigenvalue weighted by Gasteiger charge is -2.28. The van der Waals surface area contributed by atoms with Crippen LogP contribution in [0.3, 0.4) is 0 Å². The Hall–Kier alpha value is -1.02. The number of para-hydroxylation sites is 2. The number of hydrogen-bond donors (Lipinski definition) is 0. The van der Waals surface area contributed by atoms with Gasteiger partial charge in [0.2, 0.25) is 0 Å². The number of benzene rings is 1. The number of hydrogen-bond acceptors (Lipinski definition) is 1. The molecule has 0 radical (unpaired) electrons. The number of nitrogens with zero attached hydrogens (tertiary/aromatic N) is 1. The molecule has 0 bridgehead atoms. The predicted molar refractivity (Wildman–Crippen MR) is 57.2 cm³/mol. The van der Waals surface area contributed by atoms with Crippen molar-refractivity contribution in [3.05, 3.63) is 24.3 Å². The van der Waals surface area contributed by atoms with Gasteiger partial charge in [-0.1, -0.05) is 12.1 Å². The Kier molecular flexibility index (Phi) is 2.94. The van der Waals surface area contributed by atoms with Crippen molar-refractivity contribution in [1.82, 2.24) is 4.48 Å². The van der Waals surface area contributed by atoms with Crippen molar-refractivity contribution in [2.45, 2.75) is 6.92 Å². The van der Waals surface area contributed by atoms with Crippen LogP contribution < -0.4 is 9.22 Å². The number of methoxy groups -OCH3 is 1. The fourth-order valence-electron chi connectivity index (χ4n) is 1.30. The molecule has 0 heterocycles. The lowest BCUT2D eigenvalue weighted by atomic mass is 10.2. The number of rotatable bonds is 3. The smallest absolute Gasteiger partial charge is 0.179 e. The van der Waals surface area contributed by atoms with Gasteiger partial charge < -0.3 is 4.74 Å². The third kappa shape index (κ3) is 2.01. The van der Waals surface area contributed by atoms with Gasteiger partial charge >= 0.3 is 0 Å². The Balaban J connectivity index is 3.12. The summed E-state index contributed by atoms with van der Waals surface area (Å²) in [7, 11) is 6.07. The van der Waals surface area contributed by atoms with Crippen LogP contribution in [-0.4, -0.2) is 27.7 Å². The van der Waals surface area contributed by atoms with Gasteiger partial charge in [-0.05, 0) is 13.0 Å². The van der Waals surface area contributed by atoms with Crippen molar-refractivity contribution in [1.29, 1.82) is 0 Å². The zero-order chi connectivity index (χ0) is 9.90. The second-order valence-corrected chi connectivity index (χ2v) is 3.67. The molecule has 0 saturated carbocycles. The zero-order valence-corrected chi connectivity index (χ0v) is 8.87. The summed E-state index contributed by atoms with van der Waals surface area (Å²) in [6, 6.07) is 8.17. The van der Waals surface area contributed by atoms with Crippen LogP contribution in [0.25, 0.3) is 0 Å². The molecule has 0 aliphatic heterocycles. The summed E-state index contributed by atoms with van der Waals surface area (Å²) in [5, 5.41) is 0. The van der Waals surface area contributed by atoms with E-state index < -0.39 is 0 Å². The Morgan fingerprint density at radius 3 is 2.38 bits per heavy atom. The van der Waals surface area contributed by atoms with Gasteiger partial charge in [0, 0.05) is 6.07 Å². The van der Waals surface area contributed by atoms with Crippen LogP contribution in [0.2, 0.25) is 0 Å². The Bertz CT molecular complexity index is 281. The first-order valence-electron chi connectivity index (χ1n) is 4.58. The molecule has 0 fully saturated rings. The van der Waals surface area contributed by atoms with Gasteiger partial charge in [0.15, 0.2) is 11.4 Å². The maximum absolute atomic E-state index is 5.32. The largest absolute Gasteiger partial charge is 0.491 e. The molecule has 0 amide bonds. The van der Waals surface area contributed by atoms with Crippen molar-refractivity contribution in [3.8, 4) is 5.75 Å². The molecule has 1 aromatic rings. The van der Waals surface area contributed by atoms with Crippen molar-refractivity contribution in [2.24, 2.45) is 0 Å². The normalized spacial score (nSPS) is 11.4. The lowest BCUT2D eigenvalue weighted by Crippen LogP contribution is -2.40. The summed E-state index contributed by atoms with van der Waals surface area (Å²) in [5.41, 5.74) is 1.23. The molecule has 0 atom stereocenters. The van der Waals surface area contributed by atoms with E-state index in [0.717, 1.165) is 16.8 Å². The summed E-state index contributed by atoms with van der Waals surface area (Å²) < 4.78 is 6.17. The maximum atomic E-state index is 5.32. The first-order chi connectivity index (χ1) is 6.11. The zero-order valence-electron chi connectivity index (χ0n) is 8.87. The highest BCUT2D eigenvalue weighted by molar-refractivity contribution is 5.54. The SMILES string of the molecule is CC[N+](C)(C)c1ccccc1OC. The highest BCUT2D eigenvalue weighted by atomic mass is 16.5. The van der Waals surface area contributed by atoms with Gasteiger partial charge in [-0.25, -0.2) is 0 Å². The van der Waals surface area contributed by atoms with Gasteiger partial charge in [-0.2, -0.15) is 0 Å². The topological polar surface area (TPSA) is 9.23 Å². The van der Waals surface area contributed by atoms with Crippen LogP contribution in [0.1, 0.15) is 6.92 Å². The number of ether oxygens (including phenoxy) is 1. The Morgan fingerprint density at radius 1 is 1.23 bits per heavy atom. The van der Waals surface area contributed by atoms with E-state index in [2.05, 4.69) is 27.1 Å². The quantitative estimate of drug-likeness (QED) is 0.648. The molecule has 0 spiro atoms. The molecule has 1 aromatic carbocycles. The van der Waals surface area contributed by atoms with Gasteiger partial charge in [0.25, 0.3) is 0 Å². The molecule has 2 heteroatoms. The van der Waals surface area contributed by atoms with Crippen LogP contribution >= 0.6 is 0 Å². The summed E-state index contributed by atoms with van der Waals surface area (Å²) in [6.45, 7) is 3.23. The molecule has 0 aliphatic carbocycles. The van der Waals surface area contributed by atoms with E-state index in [1.54, 1.807) is 7.11 Å². The van der Waals surface area contributed by atoms with Crippen molar-refractivity contribution >= 4 is 5.69 Å². The molecule has 0 aromatic heterocycles. The Labute approximate surface area is 80.3 Å². The fourth-order valence-corrected chi connectivity index (χ4v) is 1.30. The lowest BCUT2D eigenvalue weighted by molar-refractivity contribution is 0.370. The summed E-state index contributed by atoms with van der Waals surface area (Å²) in [4.78, 5) is 0. The average molecular weight is 180 g/mol. The van der Waals surface area contributed by atoms with E-state index >= 15 is 0 Å².